The van der Waals surface area contributed by atoms with Gasteiger partial charge in [-0.05, 0) is 47.5 Å². The molecule has 0 N–H and O–H groups in total. The number of halogens is 2. The van der Waals surface area contributed by atoms with Crippen molar-refractivity contribution in [1.29, 1.82) is 0 Å². The summed E-state index contributed by atoms with van der Waals surface area (Å²) in [6.45, 7) is 0.497. The van der Waals surface area contributed by atoms with E-state index in [0.717, 1.165) is 16.9 Å². The lowest BCUT2D eigenvalue weighted by Gasteiger charge is -2.15. The number of nitrogens with zero attached hydrogens (tertiary/aromatic N) is 1. The lowest BCUT2D eigenvalue weighted by Crippen LogP contribution is -2.24. The Hall–Kier alpha value is -1.97. The third-order valence-electron chi connectivity index (χ3n) is 3.23. The highest BCUT2D eigenvalue weighted by Crippen LogP contribution is 2.20. The monoisotopic (exact) mass is 349 g/mol. The van der Waals surface area contributed by atoms with E-state index in [-0.39, 0.29) is 5.91 Å². The van der Waals surface area contributed by atoms with Gasteiger partial charge in [0.2, 0.25) is 5.91 Å². The van der Waals surface area contributed by atoms with Crippen molar-refractivity contribution in [2.24, 2.45) is 0 Å². The highest BCUT2D eigenvalue weighted by Gasteiger charge is 2.06. The third-order valence-corrected chi connectivity index (χ3v) is 3.67. The first kappa shape index (κ1) is 17.4. The number of amides is 1. The van der Waals surface area contributed by atoms with Crippen LogP contribution in [0.1, 0.15) is 11.1 Å². The molecule has 0 fully saturated rings. The van der Waals surface area contributed by atoms with E-state index in [0.29, 0.717) is 16.6 Å². The minimum atomic E-state index is -0.107. The van der Waals surface area contributed by atoms with Gasteiger partial charge in [0.1, 0.15) is 5.75 Å². The predicted molar refractivity (Wildman–Crippen MR) is 95.0 cm³/mol. The lowest BCUT2D eigenvalue weighted by molar-refractivity contribution is -0.125. The van der Waals surface area contributed by atoms with Crippen LogP contribution in [0.5, 0.6) is 5.75 Å². The second-order valence-electron chi connectivity index (χ2n) is 5.08. The number of hydrogen-bond donors (Lipinski definition) is 0. The van der Waals surface area contributed by atoms with Crippen molar-refractivity contribution in [3.8, 4) is 5.75 Å². The van der Waals surface area contributed by atoms with Gasteiger partial charge in [-0.2, -0.15) is 0 Å². The summed E-state index contributed by atoms with van der Waals surface area (Å²) in [5.41, 5.74) is 1.78. The van der Waals surface area contributed by atoms with Gasteiger partial charge in [0.15, 0.2) is 0 Å². The van der Waals surface area contributed by atoms with Gasteiger partial charge in [-0.25, -0.2) is 0 Å². The number of carbonyl (C=O) groups excluding carboxylic acids is 1. The first-order chi connectivity index (χ1) is 11.0. The largest absolute Gasteiger partial charge is 0.497 e. The summed E-state index contributed by atoms with van der Waals surface area (Å²) < 4.78 is 5.18. The summed E-state index contributed by atoms with van der Waals surface area (Å²) in [7, 11) is 3.37. The molecule has 0 aliphatic rings. The molecule has 0 saturated heterocycles. The summed E-state index contributed by atoms with van der Waals surface area (Å²) in [6.07, 6.45) is 3.20. The Balaban J connectivity index is 2.03. The smallest absolute Gasteiger partial charge is 0.246 e. The maximum Gasteiger partial charge on any atom is 0.246 e. The third kappa shape index (κ3) is 5.31. The Morgan fingerprint density at radius 3 is 2.52 bits per heavy atom. The van der Waals surface area contributed by atoms with Gasteiger partial charge < -0.3 is 9.64 Å². The number of methoxy groups -OCH3 is 1. The van der Waals surface area contributed by atoms with Crippen molar-refractivity contribution in [3.05, 3.63) is 69.7 Å². The summed E-state index contributed by atoms with van der Waals surface area (Å²) in [4.78, 5) is 13.8. The van der Waals surface area contributed by atoms with E-state index in [1.54, 1.807) is 43.3 Å². The molecule has 0 aliphatic carbocycles. The summed E-state index contributed by atoms with van der Waals surface area (Å²) in [5.74, 6) is 0.663. The topological polar surface area (TPSA) is 29.5 Å². The Morgan fingerprint density at radius 2 is 1.87 bits per heavy atom. The quantitative estimate of drug-likeness (QED) is 0.733. The fraction of sp³-hybridized carbons (Fsp3) is 0.167. The molecular weight excluding hydrogens is 333 g/mol. The fourth-order valence-corrected chi connectivity index (χ4v) is 2.63. The van der Waals surface area contributed by atoms with Gasteiger partial charge in [-0.3, -0.25) is 4.79 Å². The van der Waals surface area contributed by atoms with Crippen LogP contribution < -0.4 is 4.74 Å². The van der Waals surface area contributed by atoms with Gasteiger partial charge >= 0.3 is 0 Å². The number of ether oxygens (including phenoxy) is 1. The number of rotatable bonds is 5. The molecule has 0 aliphatic heterocycles. The van der Waals surface area contributed by atoms with Crippen LogP contribution in [0.3, 0.4) is 0 Å². The van der Waals surface area contributed by atoms with Crippen LogP contribution in [0.2, 0.25) is 10.0 Å². The molecule has 0 saturated carbocycles. The highest BCUT2D eigenvalue weighted by atomic mass is 35.5. The molecule has 2 aromatic carbocycles. The Morgan fingerprint density at radius 1 is 1.17 bits per heavy atom. The molecule has 0 bridgehead atoms. The molecule has 3 nitrogen and oxygen atoms in total. The van der Waals surface area contributed by atoms with Crippen molar-refractivity contribution >= 4 is 35.2 Å². The molecule has 0 heterocycles. The summed E-state index contributed by atoms with van der Waals surface area (Å²) in [5, 5.41) is 1.07. The molecule has 0 radical (unpaired) electrons. The van der Waals surface area contributed by atoms with E-state index < -0.39 is 0 Å². The summed E-state index contributed by atoms with van der Waals surface area (Å²) >= 11 is 11.9. The molecule has 2 rings (SSSR count). The lowest BCUT2D eigenvalue weighted by atomic mass is 10.2. The first-order valence-corrected chi connectivity index (χ1v) is 7.76. The van der Waals surface area contributed by atoms with E-state index in [9.17, 15) is 4.79 Å². The molecule has 0 atom stereocenters. The molecule has 0 spiro atoms. The number of hydrogen-bond acceptors (Lipinski definition) is 2. The second kappa shape index (κ2) is 8.04. The van der Waals surface area contributed by atoms with E-state index in [2.05, 4.69) is 0 Å². The van der Waals surface area contributed by atoms with Crippen molar-refractivity contribution in [1.82, 2.24) is 4.90 Å². The minimum Gasteiger partial charge on any atom is -0.497 e. The zero-order chi connectivity index (χ0) is 16.8. The van der Waals surface area contributed by atoms with E-state index in [4.69, 9.17) is 27.9 Å². The first-order valence-electron chi connectivity index (χ1n) is 7.00. The van der Waals surface area contributed by atoms with Crippen LogP contribution in [-0.4, -0.2) is 25.0 Å². The maximum absolute atomic E-state index is 12.2. The predicted octanol–water partition coefficient (Wildman–Crippen LogP) is 4.67. The molecule has 0 unspecified atom stereocenters. The van der Waals surface area contributed by atoms with Gasteiger partial charge in [-0.15, -0.1) is 0 Å². The van der Waals surface area contributed by atoms with Crippen molar-refractivity contribution < 1.29 is 9.53 Å². The molecule has 0 aromatic heterocycles. The van der Waals surface area contributed by atoms with Crippen molar-refractivity contribution in [2.45, 2.75) is 6.54 Å². The molecule has 120 valence electrons. The van der Waals surface area contributed by atoms with Crippen LogP contribution >= 0.6 is 23.2 Å². The number of benzene rings is 2. The molecule has 23 heavy (non-hydrogen) atoms. The average molecular weight is 350 g/mol. The van der Waals surface area contributed by atoms with Crippen LogP contribution in [0.4, 0.5) is 0 Å². The van der Waals surface area contributed by atoms with Crippen LogP contribution in [-0.2, 0) is 11.3 Å². The SMILES string of the molecule is COc1cccc(CN(C)C(=O)/C=C/c2cc(Cl)cc(Cl)c2)c1. The van der Waals surface area contributed by atoms with Gasteiger partial charge in [0.05, 0.1) is 7.11 Å². The molecule has 1 amide bonds. The fourth-order valence-electron chi connectivity index (χ4n) is 2.09. The second-order valence-corrected chi connectivity index (χ2v) is 5.95. The van der Waals surface area contributed by atoms with Gasteiger partial charge in [0.25, 0.3) is 0 Å². The Labute approximate surface area is 146 Å². The van der Waals surface area contributed by atoms with Gasteiger partial charge in [0, 0.05) is 29.7 Å². The van der Waals surface area contributed by atoms with Crippen molar-refractivity contribution in [3.63, 3.8) is 0 Å². The molecule has 5 heteroatoms. The number of carbonyl (C=O) groups is 1. The average Bonchev–Trinajstić information content (AvgIpc) is 2.51. The Kier molecular flexibility index (Phi) is 6.08. The van der Waals surface area contributed by atoms with Crippen molar-refractivity contribution in [2.75, 3.05) is 14.2 Å². The summed E-state index contributed by atoms with van der Waals surface area (Å²) in [6, 6.07) is 12.8. The zero-order valence-corrected chi connectivity index (χ0v) is 14.4. The van der Waals surface area contributed by atoms with Crippen LogP contribution in [0.25, 0.3) is 6.08 Å². The number of likely N-dealkylation sites (N-methyl/N-ethyl adjacent to an activating group) is 1. The van der Waals surface area contributed by atoms with E-state index in [1.165, 1.54) is 6.08 Å². The maximum atomic E-state index is 12.2. The highest BCUT2D eigenvalue weighted by molar-refractivity contribution is 6.34. The standard InChI is InChI=1S/C18H17Cl2NO2/c1-21(12-14-4-3-5-17(10-14)23-2)18(22)7-6-13-8-15(19)11-16(20)9-13/h3-11H,12H2,1-2H3/b7-6+. The molecular formula is C18H17Cl2NO2. The van der Waals surface area contributed by atoms with E-state index >= 15 is 0 Å². The Bertz CT molecular complexity index is 708. The van der Waals surface area contributed by atoms with Crippen LogP contribution in [0, 0.1) is 0 Å². The zero-order valence-electron chi connectivity index (χ0n) is 12.9. The van der Waals surface area contributed by atoms with Gasteiger partial charge in [-0.1, -0.05) is 35.3 Å². The molecule has 2 aromatic rings. The normalized spacial score (nSPS) is 10.8. The van der Waals surface area contributed by atoms with Crippen LogP contribution in [0.15, 0.2) is 48.5 Å². The van der Waals surface area contributed by atoms with E-state index in [1.807, 2.05) is 24.3 Å². The minimum absolute atomic E-state index is 0.107.